The molecule has 3 rings (SSSR count). The highest BCUT2D eigenvalue weighted by molar-refractivity contribution is 6.31. The number of carboxylic acid groups (broad SMARTS) is 1. The summed E-state index contributed by atoms with van der Waals surface area (Å²) in [5.74, 6) is -1.05. The van der Waals surface area contributed by atoms with Gasteiger partial charge in [0.15, 0.2) is 0 Å². The first-order chi connectivity index (χ1) is 10.1. The van der Waals surface area contributed by atoms with E-state index >= 15 is 0 Å². The van der Waals surface area contributed by atoms with Gasteiger partial charge >= 0.3 is 5.97 Å². The van der Waals surface area contributed by atoms with Crippen LogP contribution in [-0.4, -0.2) is 17.0 Å². The average molecular weight is 302 g/mol. The summed E-state index contributed by atoms with van der Waals surface area (Å²) in [6, 6.07) is 12.0. The third-order valence-electron chi connectivity index (χ3n) is 3.56. The van der Waals surface area contributed by atoms with Crippen LogP contribution in [0.3, 0.4) is 0 Å². The molecule has 0 fully saturated rings. The fourth-order valence-electron chi connectivity index (χ4n) is 2.54. The Morgan fingerprint density at radius 2 is 2.00 bits per heavy atom. The Bertz CT molecular complexity index is 742. The van der Waals surface area contributed by atoms with Gasteiger partial charge in [-0.25, -0.2) is 4.79 Å². The van der Waals surface area contributed by atoms with Crippen LogP contribution in [0.4, 0.5) is 5.69 Å². The highest BCUT2D eigenvalue weighted by Gasteiger charge is 2.28. The van der Waals surface area contributed by atoms with Crippen LogP contribution in [-0.2, 0) is 17.8 Å². The van der Waals surface area contributed by atoms with Gasteiger partial charge in [0.1, 0.15) is 0 Å². The Hall–Kier alpha value is -2.33. The van der Waals surface area contributed by atoms with Crippen molar-refractivity contribution in [1.29, 1.82) is 0 Å². The molecule has 0 saturated carbocycles. The molecule has 5 heteroatoms. The van der Waals surface area contributed by atoms with E-state index in [0.717, 1.165) is 11.3 Å². The monoisotopic (exact) mass is 301 g/mol. The van der Waals surface area contributed by atoms with Crippen molar-refractivity contribution < 1.29 is 14.7 Å². The van der Waals surface area contributed by atoms with Crippen LogP contribution in [0.2, 0.25) is 5.02 Å². The van der Waals surface area contributed by atoms with Crippen molar-refractivity contribution >= 4 is 29.2 Å². The summed E-state index contributed by atoms with van der Waals surface area (Å²) in [4.78, 5) is 25.0. The number of amides is 1. The minimum Gasteiger partial charge on any atom is -0.478 e. The molecule has 0 unspecified atom stereocenters. The zero-order chi connectivity index (χ0) is 15.0. The summed E-state index contributed by atoms with van der Waals surface area (Å²) in [6.45, 7) is 0.231. The zero-order valence-corrected chi connectivity index (χ0v) is 11.8. The van der Waals surface area contributed by atoms with E-state index in [0.29, 0.717) is 17.0 Å². The van der Waals surface area contributed by atoms with Crippen molar-refractivity contribution in [1.82, 2.24) is 0 Å². The molecular weight excluding hydrogens is 290 g/mol. The molecule has 1 aliphatic heterocycles. The Kier molecular flexibility index (Phi) is 3.39. The number of halogens is 1. The van der Waals surface area contributed by atoms with Gasteiger partial charge in [-0.15, -0.1) is 0 Å². The summed E-state index contributed by atoms with van der Waals surface area (Å²) in [6.07, 6.45) is 0.321. The van der Waals surface area contributed by atoms with E-state index in [-0.39, 0.29) is 18.0 Å². The third-order valence-corrected chi connectivity index (χ3v) is 3.79. The molecule has 0 bridgehead atoms. The molecule has 1 aliphatic rings. The Morgan fingerprint density at radius 3 is 2.76 bits per heavy atom. The Labute approximate surface area is 126 Å². The Morgan fingerprint density at radius 1 is 1.24 bits per heavy atom. The molecule has 4 nitrogen and oxygen atoms in total. The van der Waals surface area contributed by atoms with Gasteiger partial charge in [0, 0.05) is 10.7 Å². The molecule has 0 radical (unpaired) electrons. The van der Waals surface area contributed by atoms with E-state index in [1.165, 1.54) is 6.07 Å². The van der Waals surface area contributed by atoms with Crippen LogP contribution < -0.4 is 4.90 Å². The zero-order valence-electron chi connectivity index (χ0n) is 11.0. The van der Waals surface area contributed by atoms with Gasteiger partial charge in [-0.05, 0) is 29.3 Å². The van der Waals surface area contributed by atoms with Crippen LogP contribution in [0.15, 0.2) is 42.5 Å². The topological polar surface area (TPSA) is 57.6 Å². The number of nitrogens with zero attached hydrogens (tertiary/aromatic N) is 1. The fraction of sp³-hybridized carbons (Fsp3) is 0.125. The molecule has 1 N–H and O–H groups in total. The minimum atomic E-state index is -0.997. The van der Waals surface area contributed by atoms with Gasteiger partial charge in [0.2, 0.25) is 5.91 Å². The maximum Gasteiger partial charge on any atom is 0.336 e. The van der Waals surface area contributed by atoms with Gasteiger partial charge < -0.3 is 10.0 Å². The lowest BCUT2D eigenvalue weighted by atomic mass is 10.1. The van der Waals surface area contributed by atoms with Crippen LogP contribution in [0.25, 0.3) is 0 Å². The number of benzene rings is 2. The molecule has 1 heterocycles. The second kappa shape index (κ2) is 5.22. The molecule has 0 atom stereocenters. The molecule has 0 aromatic heterocycles. The fourth-order valence-corrected chi connectivity index (χ4v) is 2.71. The largest absolute Gasteiger partial charge is 0.478 e. The van der Waals surface area contributed by atoms with Crippen molar-refractivity contribution in [2.75, 3.05) is 4.90 Å². The standard InChI is InChI=1S/C16H12ClNO3/c17-12-6-5-10-7-15(19)18(14(10)8-12)9-11-3-1-2-4-13(11)16(20)21/h1-6,8H,7,9H2,(H,20,21). The minimum absolute atomic E-state index is 0.0486. The Balaban J connectivity index is 1.98. The summed E-state index contributed by atoms with van der Waals surface area (Å²) in [5.41, 5.74) is 2.48. The summed E-state index contributed by atoms with van der Waals surface area (Å²) in [5, 5.41) is 9.78. The molecule has 2 aromatic rings. The number of carbonyl (C=O) groups is 2. The number of aromatic carboxylic acids is 1. The normalized spacial score (nSPS) is 13.4. The van der Waals surface area contributed by atoms with Gasteiger partial charge in [-0.2, -0.15) is 0 Å². The quantitative estimate of drug-likeness (QED) is 0.947. The molecule has 0 spiro atoms. The van der Waals surface area contributed by atoms with Crippen molar-refractivity contribution in [3.05, 3.63) is 64.2 Å². The lowest BCUT2D eigenvalue weighted by Gasteiger charge is -2.19. The SMILES string of the molecule is O=C(O)c1ccccc1CN1C(=O)Cc2ccc(Cl)cc21. The highest BCUT2D eigenvalue weighted by atomic mass is 35.5. The first-order valence-electron chi connectivity index (χ1n) is 6.46. The molecule has 106 valence electrons. The maximum atomic E-state index is 12.2. The lowest BCUT2D eigenvalue weighted by molar-refractivity contribution is -0.117. The smallest absolute Gasteiger partial charge is 0.336 e. The van der Waals surface area contributed by atoms with Crippen LogP contribution >= 0.6 is 11.6 Å². The van der Waals surface area contributed by atoms with E-state index in [1.54, 1.807) is 35.2 Å². The van der Waals surface area contributed by atoms with Crippen molar-refractivity contribution in [3.8, 4) is 0 Å². The van der Waals surface area contributed by atoms with Gasteiger partial charge in [-0.1, -0.05) is 35.9 Å². The van der Waals surface area contributed by atoms with Crippen molar-refractivity contribution in [3.63, 3.8) is 0 Å². The average Bonchev–Trinajstić information content (AvgIpc) is 2.75. The predicted octanol–water partition coefficient (Wildman–Crippen LogP) is 3.13. The van der Waals surface area contributed by atoms with E-state index < -0.39 is 5.97 Å². The van der Waals surface area contributed by atoms with Crippen molar-refractivity contribution in [2.45, 2.75) is 13.0 Å². The van der Waals surface area contributed by atoms with Crippen LogP contribution in [0.1, 0.15) is 21.5 Å². The summed E-state index contributed by atoms with van der Waals surface area (Å²) in [7, 11) is 0. The summed E-state index contributed by atoms with van der Waals surface area (Å²) < 4.78 is 0. The number of rotatable bonds is 3. The number of hydrogen-bond acceptors (Lipinski definition) is 2. The molecule has 0 saturated heterocycles. The number of hydrogen-bond donors (Lipinski definition) is 1. The van der Waals surface area contributed by atoms with E-state index in [2.05, 4.69) is 0 Å². The molecule has 21 heavy (non-hydrogen) atoms. The van der Waals surface area contributed by atoms with Gasteiger partial charge in [-0.3, -0.25) is 4.79 Å². The molecular formula is C16H12ClNO3. The predicted molar refractivity (Wildman–Crippen MR) is 79.7 cm³/mol. The molecule has 2 aromatic carbocycles. The third kappa shape index (κ3) is 2.50. The number of carboxylic acids is 1. The lowest BCUT2D eigenvalue weighted by Crippen LogP contribution is -2.27. The maximum absolute atomic E-state index is 12.2. The number of carbonyl (C=O) groups excluding carboxylic acids is 1. The molecule has 0 aliphatic carbocycles. The molecule has 1 amide bonds. The number of anilines is 1. The van der Waals surface area contributed by atoms with Crippen LogP contribution in [0, 0.1) is 0 Å². The van der Waals surface area contributed by atoms with Crippen LogP contribution in [0.5, 0.6) is 0 Å². The second-order valence-corrected chi connectivity index (χ2v) is 5.33. The van der Waals surface area contributed by atoms with E-state index in [1.807, 2.05) is 6.07 Å². The second-order valence-electron chi connectivity index (χ2n) is 4.89. The number of fused-ring (bicyclic) bond motifs is 1. The first-order valence-corrected chi connectivity index (χ1v) is 6.84. The van der Waals surface area contributed by atoms with Gasteiger partial charge in [0.05, 0.1) is 18.5 Å². The van der Waals surface area contributed by atoms with Gasteiger partial charge in [0.25, 0.3) is 0 Å². The van der Waals surface area contributed by atoms with E-state index in [4.69, 9.17) is 11.6 Å². The van der Waals surface area contributed by atoms with Crippen molar-refractivity contribution in [2.24, 2.45) is 0 Å². The highest BCUT2D eigenvalue weighted by Crippen LogP contribution is 2.33. The van der Waals surface area contributed by atoms with E-state index in [9.17, 15) is 14.7 Å². The summed E-state index contributed by atoms with van der Waals surface area (Å²) >= 11 is 5.99. The first kappa shape index (κ1) is 13.6.